The highest BCUT2D eigenvalue weighted by Crippen LogP contribution is 2.24. The maximum absolute atomic E-state index is 13.4. The number of carbonyl (C=O) groups is 2. The Kier molecular flexibility index (Phi) is 4.95. The molecule has 1 aromatic carbocycles. The van der Waals surface area contributed by atoms with Crippen LogP contribution < -0.4 is 5.32 Å². The van der Waals surface area contributed by atoms with Crippen LogP contribution in [0, 0.1) is 15.3 Å². The highest BCUT2D eigenvalue weighted by molar-refractivity contribution is 14.1. The first-order valence-electron chi connectivity index (χ1n) is 6.46. The lowest BCUT2D eigenvalue weighted by atomic mass is 9.86. The van der Waals surface area contributed by atoms with E-state index in [1.165, 1.54) is 6.07 Å². The Hall–Kier alpha value is -1.18. The third-order valence-corrected chi connectivity index (χ3v) is 4.47. The minimum absolute atomic E-state index is 0.0274. The Balaban J connectivity index is 1.92. The molecule has 0 bridgehead atoms. The summed E-state index contributed by atoms with van der Waals surface area (Å²) in [6, 6.07) is 4.34. The Bertz CT molecular complexity index is 527. The van der Waals surface area contributed by atoms with E-state index in [0.29, 0.717) is 34.8 Å². The van der Waals surface area contributed by atoms with E-state index >= 15 is 0 Å². The zero-order valence-electron chi connectivity index (χ0n) is 10.7. The van der Waals surface area contributed by atoms with Crippen LogP contribution in [0.2, 0.25) is 0 Å². The standard InChI is InChI=1S/C14H15FINO3/c15-11-7-9(3-6-12(11)16)13(18)17-10-4-1-8(2-5-10)14(19)20/h3,6-8,10H,1-2,4-5H2,(H,17,18)(H,19,20). The van der Waals surface area contributed by atoms with Crippen LogP contribution in [-0.4, -0.2) is 23.0 Å². The molecule has 108 valence electrons. The van der Waals surface area contributed by atoms with Crippen molar-refractivity contribution in [3.63, 3.8) is 0 Å². The fourth-order valence-electron chi connectivity index (χ4n) is 2.39. The third kappa shape index (κ3) is 3.68. The van der Waals surface area contributed by atoms with Crippen LogP contribution in [-0.2, 0) is 4.79 Å². The van der Waals surface area contributed by atoms with Crippen LogP contribution in [0.25, 0.3) is 0 Å². The van der Waals surface area contributed by atoms with Gasteiger partial charge in [-0.2, -0.15) is 0 Å². The average Bonchev–Trinajstić information content (AvgIpc) is 2.42. The van der Waals surface area contributed by atoms with Crippen molar-refractivity contribution in [3.05, 3.63) is 33.1 Å². The molecule has 0 unspecified atom stereocenters. The highest BCUT2D eigenvalue weighted by atomic mass is 127. The maximum Gasteiger partial charge on any atom is 0.306 e. The van der Waals surface area contributed by atoms with Crippen molar-refractivity contribution in [2.45, 2.75) is 31.7 Å². The summed E-state index contributed by atoms with van der Waals surface area (Å²) in [6.07, 6.45) is 2.44. The third-order valence-electron chi connectivity index (χ3n) is 3.59. The van der Waals surface area contributed by atoms with Gasteiger partial charge in [-0.15, -0.1) is 0 Å². The number of carboxylic acid groups (broad SMARTS) is 1. The predicted octanol–water partition coefficient (Wildman–Crippen LogP) is 2.80. The molecule has 1 aromatic rings. The molecule has 0 heterocycles. The first kappa shape index (κ1) is 15.2. The number of aliphatic carboxylic acids is 1. The van der Waals surface area contributed by atoms with Crippen LogP contribution in [0.15, 0.2) is 18.2 Å². The molecule has 1 aliphatic rings. The first-order chi connectivity index (χ1) is 9.47. The van der Waals surface area contributed by atoms with Gasteiger partial charge in [0.25, 0.3) is 5.91 Å². The van der Waals surface area contributed by atoms with Crippen molar-refractivity contribution in [1.82, 2.24) is 5.32 Å². The van der Waals surface area contributed by atoms with E-state index in [1.807, 2.05) is 22.6 Å². The van der Waals surface area contributed by atoms with E-state index < -0.39 is 11.8 Å². The van der Waals surface area contributed by atoms with Gasteiger partial charge >= 0.3 is 5.97 Å². The van der Waals surface area contributed by atoms with Gasteiger partial charge in [0.2, 0.25) is 0 Å². The van der Waals surface area contributed by atoms with Crippen LogP contribution in [0.4, 0.5) is 4.39 Å². The van der Waals surface area contributed by atoms with Crippen molar-refractivity contribution < 1.29 is 19.1 Å². The number of amides is 1. The van der Waals surface area contributed by atoms with E-state index in [9.17, 15) is 14.0 Å². The molecule has 0 atom stereocenters. The van der Waals surface area contributed by atoms with E-state index in [4.69, 9.17) is 5.11 Å². The van der Waals surface area contributed by atoms with Crippen molar-refractivity contribution in [2.75, 3.05) is 0 Å². The van der Waals surface area contributed by atoms with Crippen molar-refractivity contribution in [1.29, 1.82) is 0 Å². The number of carboxylic acids is 1. The second-order valence-electron chi connectivity index (χ2n) is 4.99. The fourth-order valence-corrected chi connectivity index (χ4v) is 2.73. The SMILES string of the molecule is O=C(NC1CCC(C(=O)O)CC1)c1ccc(I)c(F)c1. The van der Waals surface area contributed by atoms with Crippen LogP contribution in [0.1, 0.15) is 36.0 Å². The van der Waals surface area contributed by atoms with Crippen LogP contribution in [0.3, 0.4) is 0 Å². The summed E-state index contributed by atoms with van der Waals surface area (Å²) in [5, 5.41) is 11.8. The van der Waals surface area contributed by atoms with Gasteiger partial charge in [-0.05, 0) is 66.5 Å². The molecular formula is C14H15FINO3. The summed E-state index contributed by atoms with van der Waals surface area (Å²) in [4.78, 5) is 22.8. The Morgan fingerprint density at radius 2 is 1.90 bits per heavy atom. The van der Waals surface area contributed by atoms with E-state index in [1.54, 1.807) is 12.1 Å². The molecule has 1 saturated carbocycles. The van der Waals surface area contributed by atoms with Crippen molar-refractivity contribution in [2.24, 2.45) is 5.92 Å². The number of hydrogen-bond donors (Lipinski definition) is 2. The van der Waals surface area contributed by atoms with Gasteiger partial charge in [-0.25, -0.2) is 4.39 Å². The summed E-state index contributed by atoms with van der Waals surface area (Å²) < 4.78 is 13.9. The minimum Gasteiger partial charge on any atom is -0.481 e. The summed E-state index contributed by atoms with van der Waals surface area (Å²) in [5.74, 6) is -1.79. The van der Waals surface area contributed by atoms with Gasteiger partial charge in [-0.3, -0.25) is 9.59 Å². The first-order valence-corrected chi connectivity index (χ1v) is 7.54. The predicted molar refractivity (Wildman–Crippen MR) is 80.0 cm³/mol. The summed E-state index contributed by atoms with van der Waals surface area (Å²) in [6.45, 7) is 0. The topological polar surface area (TPSA) is 66.4 Å². The zero-order valence-corrected chi connectivity index (χ0v) is 12.9. The Morgan fingerprint density at radius 1 is 1.25 bits per heavy atom. The largest absolute Gasteiger partial charge is 0.481 e. The number of nitrogens with one attached hydrogen (secondary N) is 1. The van der Waals surface area contributed by atoms with Crippen LogP contribution in [0.5, 0.6) is 0 Å². The van der Waals surface area contributed by atoms with Gasteiger partial charge < -0.3 is 10.4 Å². The summed E-state index contributed by atoms with van der Waals surface area (Å²) in [7, 11) is 0. The summed E-state index contributed by atoms with van der Waals surface area (Å²) in [5.41, 5.74) is 0.295. The molecule has 6 heteroatoms. The smallest absolute Gasteiger partial charge is 0.306 e. The number of hydrogen-bond acceptors (Lipinski definition) is 2. The lowest BCUT2D eigenvalue weighted by Crippen LogP contribution is -2.38. The average molecular weight is 391 g/mol. The van der Waals surface area contributed by atoms with Crippen molar-refractivity contribution in [3.8, 4) is 0 Å². The molecule has 0 radical (unpaired) electrons. The molecule has 20 heavy (non-hydrogen) atoms. The molecule has 0 saturated heterocycles. The molecule has 1 amide bonds. The zero-order chi connectivity index (χ0) is 14.7. The molecule has 2 N–H and O–H groups in total. The molecular weight excluding hydrogens is 376 g/mol. The normalized spacial score (nSPS) is 22.3. The number of halogens is 2. The van der Waals surface area contributed by atoms with Gasteiger partial charge in [0.05, 0.1) is 5.92 Å². The lowest BCUT2D eigenvalue weighted by Gasteiger charge is -2.26. The Morgan fingerprint density at radius 3 is 2.45 bits per heavy atom. The molecule has 1 fully saturated rings. The molecule has 0 aromatic heterocycles. The highest BCUT2D eigenvalue weighted by Gasteiger charge is 2.26. The maximum atomic E-state index is 13.4. The summed E-state index contributed by atoms with van der Waals surface area (Å²) >= 11 is 1.87. The number of benzene rings is 1. The molecule has 0 aliphatic heterocycles. The molecule has 0 spiro atoms. The van der Waals surface area contributed by atoms with Gasteiger partial charge in [-0.1, -0.05) is 0 Å². The second-order valence-corrected chi connectivity index (χ2v) is 6.15. The second kappa shape index (κ2) is 6.51. The van der Waals surface area contributed by atoms with Gasteiger partial charge in [0, 0.05) is 15.2 Å². The van der Waals surface area contributed by atoms with E-state index in [-0.39, 0.29) is 17.9 Å². The number of carbonyl (C=O) groups excluding carboxylic acids is 1. The Labute approximate surface area is 129 Å². The van der Waals surface area contributed by atoms with E-state index in [0.717, 1.165) is 0 Å². The molecule has 2 rings (SSSR count). The molecule has 4 nitrogen and oxygen atoms in total. The lowest BCUT2D eigenvalue weighted by molar-refractivity contribution is -0.142. The van der Waals surface area contributed by atoms with Crippen molar-refractivity contribution >= 4 is 34.5 Å². The monoisotopic (exact) mass is 391 g/mol. The fraction of sp³-hybridized carbons (Fsp3) is 0.429. The van der Waals surface area contributed by atoms with Crippen LogP contribution >= 0.6 is 22.6 Å². The molecule has 1 aliphatic carbocycles. The van der Waals surface area contributed by atoms with Gasteiger partial charge in [0.15, 0.2) is 0 Å². The minimum atomic E-state index is -0.769. The quantitative estimate of drug-likeness (QED) is 0.779. The number of rotatable bonds is 3. The van der Waals surface area contributed by atoms with E-state index in [2.05, 4.69) is 5.32 Å². The van der Waals surface area contributed by atoms with Gasteiger partial charge in [0.1, 0.15) is 5.82 Å².